The van der Waals surface area contributed by atoms with E-state index >= 15 is 0 Å². The van der Waals surface area contributed by atoms with Crippen molar-refractivity contribution >= 4 is 30.2 Å². The zero-order chi connectivity index (χ0) is 40.8. The number of hydrogen-bond acceptors (Lipinski definition) is 14. The van der Waals surface area contributed by atoms with E-state index in [-0.39, 0.29) is 59.9 Å². The van der Waals surface area contributed by atoms with Crippen LogP contribution in [0.2, 0.25) is 0 Å². The summed E-state index contributed by atoms with van der Waals surface area (Å²) >= 11 is 0. The molecule has 0 bridgehead atoms. The van der Waals surface area contributed by atoms with Crippen molar-refractivity contribution in [3.63, 3.8) is 0 Å². The molecule has 318 valence electrons. The van der Waals surface area contributed by atoms with E-state index < -0.39 is 85.0 Å². The quantitative estimate of drug-likeness (QED) is 0.0931. The molecule has 0 aromatic heterocycles. The average molecular weight is 827 g/mol. The second-order valence-corrected chi connectivity index (χ2v) is 20.3. The number of rotatable bonds is 14. The summed E-state index contributed by atoms with van der Waals surface area (Å²) in [5.74, 6) is -0.512. The first-order chi connectivity index (χ1) is 25.5. The van der Waals surface area contributed by atoms with Crippen molar-refractivity contribution in [1.29, 1.82) is 0 Å². The van der Waals surface area contributed by atoms with Gasteiger partial charge in [0.2, 0.25) is 0 Å². The third-order valence-electron chi connectivity index (χ3n) is 13.9. The SMILES string of the molecule is CC(=O)OCC1OC(OP(=O)(O)OC2CC3C(CCC4(C)C3CC(OC(C)=O)C4C(C)CCCC(C)C)C3(C)CCC(OS(=O)(=O)O)CC23)C(O)C(O)C1O. The van der Waals surface area contributed by atoms with Crippen molar-refractivity contribution in [2.45, 2.75) is 162 Å². The maximum Gasteiger partial charge on any atom is 0.474 e. The van der Waals surface area contributed by atoms with E-state index in [4.69, 9.17) is 27.4 Å². The number of aliphatic hydroxyl groups excluding tert-OH is 3. The van der Waals surface area contributed by atoms with Crippen LogP contribution in [0, 0.1) is 52.3 Å². The Bertz CT molecular complexity index is 1530. The van der Waals surface area contributed by atoms with Gasteiger partial charge in [0.1, 0.15) is 37.1 Å². The molecule has 1 heterocycles. The highest BCUT2D eigenvalue weighted by molar-refractivity contribution is 7.80. The minimum Gasteiger partial charge on any atom is -0.463 e. The van der Waals surface area contributed by atoms with E-state index in [1.165, 1.54) is 6.92 Å². The number of carbonyl (C=O) groups excluding carboxylic acids is 2. The van der Waals surface area contributed by atoms with E-state index in [0.29, 0.717) is 25.2 Å². The van der Waals surface area contributed by atoms with Gasteiger partial charge in [-0.1, -0.05) is 53.9 Å². The molecule has 16 nitrogen and oxygen atoms in total. The number of phosphoric ester groups is 1. The first-order valence-corrected chi connectivity index (χ1v) is 22.7. The number of fused-ring (bicyclic) bond motifs is 5. The Labute approximate surface area is 324 Å². The largest absolute Gasteiger partial charge is 0.474 e. The Morgan fingerprint density at radius 2 is 1.53 bits per heavy atom. The normalized spacial score (nSPS) is 43.4. The highest BCUT2D eigenvalue weighted by Gasteiger charge is 2.66. The van der Waals surface area contributed by atoms with Gasteiger partial charge in [0.05, 0.1) is 12.2 Å². The zero-order valence-electron chi connectivity index (χ0n) is 33.0. The molecular formula is C37H63O16PS. The van der Waals surface area contributed by atoms with Gasteiger partial charge in [0.25, 0.3) is 0 Å². The van der Waals surface area contributed by atoms with Gasteiger partial charge in [-0.25, -0.2) is 8.75 Å². The maximum atomic E-state index is 13.9. The van der Waals surface area contributed by atoms with Crippen molar-refractivity contribution in [3.05, 3.63) is 0 Å². The molecule has 4 saturated carbocycles. The topological polar surface area (TPSA) is 242 Å². The average Bonchev–Trinajstić information content (AvgIpc) is 3.35. The highest BCUT2D eigenvalue weighted by Crippen LogP contribution is 2.70. The van der Waals surface area contributed by atoms with E-state index in [1.54, 1.807) is 0 Å². The molecule has 55 heavy (non-hydrogen) atoms. The molecule has 17 unspecified atom stereocenters. The van der Waals surface area contributed by atoms with E-state index in [1.807, 2.05) is 0 Å². The number of phosphoric acid groups is 1. The molecule has 1 saturated heterocycles. The monoisotopic (exact) mass is 826 g/mol. The molecule has 5 fully saturated rings. The van der Waals surface area contributed by atoms with Crippen LogP contribution in [-0.2, 0) is 52.0 Å². The standard InChI is InChI=1S/C37H63O16PS/c1-19(2)9-8-10-20(3)31-29(49-22(5)39)17-26-24-16-28(51-54(43,44)52-35-34(42)33(41)32(40)30(50-35)18-48-21(4)38)27-15-23(53-55(45,46)47)11-13-36(27,6)25(24)12-14-37(26,31)7/h19-20,23-35,40-42H,8-18H2,1-7H3,(H,43,44)(H,45,46,47). The fourth-order valence-corrected chi connectivity index (χ4v) is 13.3. The van der Waals surface area contributed by atoms with Gasteiger partial charge in [-0.2, -0.15) is 8.42 Å². The van der Waals surface area contributed by atoms with Crippen LogP contribution >= 0.6 is 7.82 Å². The summed E-state index contributed by atoms with van der Waals surface area (Å²) in [6, 6.07) is 0. The summed E-state index contributed by atoms with van der Waals surface area (Å²) in [4.78, 5) is 35.2. The van der Waals surface area contributed by atoms with Crippen LogP contribution in [0.4, 0.5) is 0 Å². The number of aliphatic hydroxyl groups is 3. The van der Waals surface area contributed by atoms with E-state index in [9.17, 15) is 47.3 Å². The molecule has 5 aliphatic rings. The lowest BCUT2D eigenvalue weighted by Gasteiger charge is -2.62. The molecule has 5 N–H and O–H groups in total. The van der Waals surface area contributed by atoms with Crippen molar-refractivity contribution in [2.24, 2.45) is 52.3 Å². The van der Waals surface area contributed by atoms with Crippen LogP contribution in [0.3, 0.4) is 0 Å². The van der Waals surface area contributed by atoms with Crippen LogP contribution in [0.1, 0.15) is 113 Å². The summed E-state index contributed by atoms with van der Waals surface area (Å²) in [5, 5.41) is 31.6. The van der Waals surface area contributed by atoms with Crippen molar-refractivity contribution in [2.75, 3.05) is 6.61 Å². The van der Waals surface area contributed by atoms with Gasteiger partial charge in [-0.05, 0) is 91.3 Å². The van der Waals surface area contributed by atoms with Crippen molar-refractivity contribution < 1.29 is 74.8 Å². The molecule has 0 aromatic rings. The minimum absolute atomic E-state index is 0.0448. The lowest BCUT2D eigenvalue weighted by atomic mass is 9.43. The summed E-state index contributed by atoms with van der Waals surface area (Å²) in [6.07, 6.45) is -4.51. The van der Waals surface area contributed by atoms with Crippen molar-refractivity contribution in [3.8, 4) is 0 Å². The molecule has 0 radical (unpaired) electrons. The number of esters is 2. The second kappa shape index (κ2) is 17.2. The molecule has 5 rings (SSSR count). The summed E-state index contributed by atoms with van der Waals surface area (Å²) in [5.41, 5.74) is -0.743. The third kappa shape index (κ3) is 9.97. The van der Waals surface area contributed by atoms with Crippen LogP contribution in [0.15, 0.2) is 0 Å². The van der Waals surface area contributed by atoms with Crippen LogP contribution in [0.25, 0.3) is 0 Å². The Balaban J connectivity index is 1.45. The minimum atomic E-state index is -5.17. The maximum absolute atomic E-state index is 13.9. The first kappa shape index (κ1) is 44.9. The molecule has 1 aliphatic heterocycles. The second-order valence-electron chi connectivity index (χ2n) is 17.9. The van der Waals surface area contributed by atoms with Gasteiger partial charge in [-0.3, -0.25) is 23.2 Å². The summed E-state index contributed by atoms with van der Waals surface area (Å²) in [7, 11) is -9.97. The lowest BCUT2D eigenvalue weighted by molar-refractivity contribution is -0.283. The van der Waals surface area contributed by atoms with Gasteiger partial charge in [-0.15, -0.1) is 0 Å². The van der Waals surface area contributed by atoms with Crippen LogP contribution in [0.5, 0.6) is 0 Å². The predicted molar refractivity (Wildman–Crippen MR) is 195 cm³/mol. The third-order valence-corrected chi connectivity index (χ3v) is 15.5. The van der Waals surface area contributed by atoms with Crippen LogP contribution < -0.4 is 0 Å². The predicted octanol–water partition coefficient (Wildman–Crippen LogP) is 4.32. The van der Waals surface area contributed by atoms with Crippen LogP contribution in [-0.4, -0.2) is 101 Å². The number of carbonyl (C=O) groups is 2. The Morgan fingerprint density at radius 3 is 2.15 bits per heavy atom. The van der Waals surface area contributed by atoms with E-state index in [0.717, 1.165) is 39.0 Å². The molecule has 0 spiro atoms. The fraction of sp³-hybridized carbons (Fsp3) is 0.946. The van der Waals surface area contributed by atoms with Gasteiger partial charge >= 0.3 is 30.2 Å². The fourth-order valence-electron chi connectivity index (χ4n) is 11.7. The van der Waals surface area contributed by atoms with Gasteiger partial charge < -0.3 is 34.4 Å². The Hall–Kier alpha value is -1.24. The van der Waals surface area contributed by atoms with Crippen molar-refractivity contribution in [1.82, 2.24) is 0 Å². The van der Waals surface area contributed by atoms with E-state index in [2.05, 4.69) is 34.6 Å². The molecule has 0 amide bonds. The summed E-state index contributed by atoms with van der Waals surface area (Å²) in [6.45, 7) is 13.0. The molecule has 18 heteroatoms. The van der Waals surface area contributed by atoms with Gasteiger partial charge in [0, 0.05) is 19.8 Å². The number of hydrogen-bond donors (Lipinski definition) is 5. The molecule has 4 aliphatic carbocycles. The smallest absolute Gasteiger partial charge is 0.463 e. The zero-order valence-corrected chi connectivity index (χ0v) is 34.7. The lowest BCUT2D eigenvalue weighted by Crippen LogP contribution is -2.59. The number of ether oxygens (including phenoxy) is 3. The molecular weight excluding hydrogens is 763 g/mol. The highest BCUT2D eigenvalue weighted by atomic mass is 32.3. The first-order valence-electron chi connectivity index (χ1n) is 19.8. The molecule has 0 aromatic carbocycles. The molecule has 17 atom stereocenters. The summed E-state index contributed by atoms with van der Waals surface area (Å²) < 4.78 is 80.0. The Kier molecular flexibility index (Phi) is 14.0. The van der Waals surface area contributed by atoms with Gasteiger partial charge in [0.15, 0.2) is 6.29 Å². The Morgan fingerprint density at radius 1 is 0.855 bits per heavy atom.